The number of hydrogen-bond donors (Lipinski definition) is 1. The van der Waals surface area contributed by atoms with E-state index in [0.717, 1.165) is 11.3 Å². The largest absolute Gasteiger partial charge is 0.487 e. The molecule has 0 saturated heterocycles. The van der Waals surface area contributed by atoms with E-state index < -0.39 is 0 Å². The van der Waals surface area contributed by atoms with Crippen molar-refractivity contribution in [2.45, 2.75) is 13.2 Å². The summed E-state index contributed by atoms with van der Waals surface area (Å²) in [6.45, 7) is 0.761. The van der Waals surface area contributed by atoms with Crippen LogP contribution in [0.2, 0.25) is 5.02 Å². The highest BCUT2D eigenvalue weighted by Gasteiger charge is 2.08. The molecule has 0 atom stereocenters. The number of benzene rings is 2. The van der Waals surface area contributed by atoms with E-state index >= 15 is 0 Å². The molecular formula is C18H15ClN2O2S. The standard InChI is InChI=1S/C18H15ClN2O2S/c19-17-7-2-1-4-14(17)9-20-18(22)13-5-3-6-16(8-13)23-10-15-11-24-12-21-15/h1-8,11-12H,9-10H2,(H,20,22). The molecule has 0 aliphatic carbocycles. The van der Waals surface area contributed by atoms with E-state index in [0.29, 0.717) is 29.5 Å². The number of halogens is 1. The third kappa shape index (κ3) is 4.34. The number of aromatic nitrogens is 1. The summed E-state index contributed by atoms with van der Waals surface area (Å²) < 4.78 is 5.67. The number of carbonyl (C=O) groups is 1. The highest BCUT2D eigenvalue weighted by Crippen LogP contribution is 2.17. The van der Waals surface area contributed by atoms with Crippen LogP contribution >= 0.6 is 22.9 Å². The third-order valence-corrected chi connectivity index (χ3v) is 4.37. The van der Waals surface area contributed by atoms with Gasteiger partial charge in [0.1, 0.15) is 12.4 Å². The van der Waals surface area contributed by atoms with E-state index in [2.05, 4.69) is 10.3 Å². The van der Waals surface area contributed by atoms with Crippen molar-refractivity contribution in [3.63, 3.8) is 0 Å². The molecule has 4 nitrogen and oxygen atoms in total. The minimum atomic E-state index is -0.172. The van der Waals surface area contributed by atoms with E-state index in [1.54, 1.807) is 29.8 Å². The van der Waals surface area contributed by atoms with Gasteiger partial charge >= 0.3 is 0 Å². The van der Waals surface area contributed by atoms with Gasteiger partial charge in [0, 0.05) is 22.5 Å². The van der Waals surface area contributed by atoms with Crippen molar-refractivity contribution >= 4 is 28.8 Å². The van der Waals surface area contributed by atoms with Crippen LogP contribution in [0.5, 0.6) is 5.75 Å². The summed E-state index contributed by atoms with van der Waals surface area (Å²) in [6.07, 6.45) is 0. The number of carbonyl (C=O) groups excluding carboxylic acids is 1. The van der Waals surface area contributed by atoms with Gasteiger partial charge < -0.3 is 10.1 Å². The maximum atomic E-state index is 12.3. The van der Waals surface area contributed by atoms with Crippen molar-refractivity contribution in [3.05, 3.63) is 81.3 Å². The van der Waals surface area contributed by atoms with Crippen molar-refractivity contribution < 1.29 is 9.53 Å². The summed E-state index contributed by atoms with van der Waals surface area (Å²) in [5.74, 6) is 0.461. The molecule has 1 heterocycles. The fourth-order valence-electron chi connectivity index (χ4n) is 2.11. The lowest BCUT2D eigenvalue weighted by Crippen LogP contribution is -2.22. The predicted octanol–water partition coefficient (Wildman–Crippen LogP) is 4.31. The lowest BCUT2D eigenvalue weighted by atomic mass is 10.2. The smallest absolute Gasteiger partial charge is 0.251 e. The zero-order valence-corrected chi connectivity index (χ0v) is 14.3. The van der Waals surface area contributed by atoms with Crippen LogP contribution in [0.25, 0.3) is 0 Å². The van der Waals surface area contributed by atoms with Gasteiger partial charge in [-0.3, -0.25) is 4.79 Å². The molecule has 3 rings (SSSR count). The maximum Gasteiger partial charge on any atom is 0.251 e. The van der Waals surface area contributed by atoms with Crippen molar-refractivity contribution in [1.82, 2.24) is 10.3 Å². The first-order valence-electron chi connectivity index (χ1n) is 7.34. The Kier molecular flexibility index (Phi) is 5.46. The molecule has 0 fully saturated rings. The summed E-state index contributed by atoms with van der Waals surface area (Å²) in [5.41, 5.74) is 4.05. The minimum Gasteiger partial charge on any atom is -0.487 e. The fraction of sp³-hybridized carbons (Fsp3) is 0.111. The molecule has 1 N–H and O–H groups in total. The molecule has 0 bridgehead atoms. The molecule has 24 heavy (non-hydrogen) atoms. The van der Waals surface area contributed by atoms with E-state index in [9.17, 15) is 4.79 Å². The molecular weight excluding hydrogens is 344 g/mol. The van der Waals surface area contributed by atoms with Crippen LogP contribution in [0.1, 0.15) is 21.6 Å². The first-order valence-corrected chi connectivity index (χ1v) is 8.66. The highest BCUT2D eigenvalue weighted by atomic mass is 35.5. The Labute approximate surface area is 149 Å². The van der Waals surface area contributed by atoms with Gasteiger partial charge in [-0.15, -0.1) is 11.3 Å². The van der Waals surface area contributed by atoms with Crippen molar-refractivity contribution in [2.75, 3.05) is 0 Å². The normalized spacial score (nSPS) is 10.4. The minimum absolute atomic E-state index is 0.172. The number of nitrogens with one attached hydrogen (secondary N) is 1. The molecule has 0 aliphatic heterocycles. The second kappa shape index (κ2) is 7.95. The second-order valence-corrected chi connectivity index (χ2v) is 6.20. The molecule has 122 valence electrons. The number of ether oxygens (including phenoxy) is 1. The molecule has 0 radical (unpaired) electrons. The molecule has 1 amide bonds. The third-order valence-electron chi connectivity index (χ3n) is 3.36. The quantitative estimate of drug-likeness (QED) is 0.714. The summed E-state index contributed by atoms with van der Waals surface area (Å²) in [7, 11) is 0. The van der Waals surface area contributed by atoms with Crippen LogP contribution in [-0.2, 0) is 13.2 Å². The summed E-state index contributed by atoms with van der Waals surface area (Å²) in [4.78, 5) is 16.5. The van der Waals surface area contributed by atoms with Crippen LogP contribution < -0.4 is 10.1 Å². The molecule has 1 aromatic heterocycles. The predicted molar refractivity (Wildman–Crippen MR) is 95.5 cm³/mol. The van der Waals surface area contributed by atoms with Gasteiger partial charge in [0.25, 0.3) is 5.91 Å². The van der Waals surface area contributed by atoms with Crippen LogP contribution in [-0.4, -0.2) is 10.9 Å². The second-order valence-electron chi connectivity index (χ2n) is 5.07. The van der Waals surface area contributed by atoms with E-state index in [-0.39, 0.29) is 5.91 Å². The van der Waals surface area contributed by atoms with Crippen molar-refractivity contribution in [2.24, 2.45) is 0 Å². The van der Waals surface area contributed by atoms with E-state index in [1.165, 1.54) is 11.3 Å². The van der Waals surface area contributed by atoms with Gasteiger partial charge in [0.2, 0.25) is 0 Å². The fourth-order valence-corrected chi connectivity index (χ4v) is 2.86. The van der Waals surface area contributed by atoms with E-state index in [1.807, 2.05) is 29.6 Å². The molecule has 0 unspecified atom stereocenters. The SMILES string of the molecule is O=C(NCc1ccccc1Cl)c1cccc(OCc2cscn2)c1. The van der Waals surface area contributed by atoms with Gasteiger partial charge in [0.15, 0.2) is 0 Å². The van der Waals surface area contributed by atoms with Crippen molar-refractivity contribution in [3.8, 4) is 5.75 Å². The lowest BCUT2D eigenvalue weighted by molar-refractivity contribution is 0.0950. The lowest BCUT2D eigenvalue weighted by Gasteiger charge is -2.09. The highest BCUT2D eigenvalue weighted by molar-refractivity contribution is 7.07. The molecule has 0 spiro atoms. The topological polar surface area (TPSA) is 51.2 Å². The van der Waals surface area contributed by atoms with Crippen LogP contribution in [0.15, 0.2) is 59.4 Å². The van der Waals surface area contributed by atoms with Gasteiger partial charge in [-0.1, -0.05) is 35.9 Å². The average molecular weight is 359 g/mol. The van der Waals surface area contributed by atoms with Crippen LogP contribution in [0.3, 0.4) is 0 Å². The Balaban J connectivity index is 1.60. The summed E-state index contributed by atoms with van der Waals surface area (Å²) in [5, 5.41) is 5.43. The molecule has 6 heteroatoms. The molecule has 3 aromatic rings. The zero-order valence-electron chi connectivity index (χ0n) is 12.7. The Morgan fingerprint density at radius 1 is 1.21 bits per heavy atom. The number of hydrogen-bond acceptors (Lipinski definition) is 4. The zero-order chi connectivity index (χ0) is 16.8. The molecule has 2 aromatic carbocycles. The maximum absolute atomic E-state index is 12.3. The van der Waals surface area contributed by atoms with Gasteiger partial charge in [-0.25, -0.2) is 4.98 Å². The van der Waals surface area contributed by atoms with Crippen molar-refractivity contribution in [1.29, 1.82) is 0 Å². The average Bonchev–Trinajstić information content (AvgIpc) is 3.13. The van der Waals surface area contributed by atoms with Gasteiger partial charge in [-0.05, 0) is 29.8 Å². The van der Waals surface area contributed by atoms with E-state index in [4.69, 9.17) is 16.3 Å². The summed E-state index contributed by atoms with van der Waals surface area (Å²) >= 11 is 7.62. The molecule has 0 saturated carbocycles. The van der Waals surface area contributed by atoms with Crippen LogP contribution in [0.4, 0.5) is 0 Å². The number of nitrogens with zero attached hydrogens (tertiary/aromatic N) is 1. The Morgan fingerprint density at radius 2 is 2.08 bits per heavy atom. The van der Waals surface area contributed by atoms with Gasteiger partial charge in [-0.2, -0.15) is 0 Å². The number of amides is 1. The molecule has 0 aliphatic rings. The Hall–Kier alpha value is -2.37. The Morgan fingerprint density at radius 3 is 2.88 bits per heavy atom. The first-order chi connectivity index (χ1) is 11.7. The Bertz CT molecular complexity index is 821. The summed E-state index contributed by atoms with van der Waals surface area (Å²) in [6, 6.07) is 14.5. The van der Waals surface area contributed by atoms with Crippen LogP contribution in [0, 0.1) is 0 Å². The van der Waals surface area contributed by atoms with Gasteiger partial charge in [0.05, 0.1) is 11.2 Å². The monoisotopic (exact) mass is 358 g/mol. The number of rotatable bonds is 6. The number of thiazole rings is 1. The first kappa shape index (κ1) is 16.5.